The van der Waals surface area contributed by atoms with Crippen LogP contribution in [0.5, 0.6) is 0 Å². The minimum atomic E-state index is -1.33. The number of rotatable bonds is 3. The van der Waals surface area contributed by atoms with Crippen LogP contribution >= 0.6 is 0 Å². The molecule has 2 aliphatic carbocycles. The van der Waals surface area contributed by atoms with Crippen LogP contribution in [0.15, 0.2) is 0 Å². The van der Waals surface area contributed by atoms with E-state index in [4.69, 9.17) is 0 Å². The first kappa shape index (κ1) is 12.6. The zero-order chi connectivity index (χ0) is 13.9. The summed E-state index contributed by atoms with van der Waals surface area (Å²) < 4.78 is 0. The van der Waals surface area contributed by atoms with Gasteiger partial charge in [-0.25, -0.2) is 0 Å². The van der Waals surface area contributed by atoms with Gasteiger partial charge in [-0.15, -0.1) is 0 Å². The molecule has 1 heterocycles. The first-order valence-corrected chi connectivity index (χ1v) is 7.01. The van der Waals surface area contributed by atoms with Crippen LogP contribution in [0.3, 0.4) is 0 Å². The van der Waals surface area contributed by atoms with Gasteiger partial charge in [0, 0.05) is 0 Å². The third-order valence-electron chi connectivity index (χ3n) is 5.11. The molecule has 3 fully saturated rings. The van der Waals surface area contributed by atoms with Crippen molar-refractivity contribution in [3.8, 4) is 0 Å². The molecule has 0 N–H and O–H groups in total. The first-order chi connectivity index (χ1) is 8.93. The van der Waals surface area contributed by atoms with Gasteiger partial charge in [-0.2, -0.15) is 0 Å². The monoisotopic (exact) mass is 264 g/mol. The number of likely N-dealkylation sites (tertiary alicyclic amines) is 1. The normalized spacial score (nSPS) is 38.2. The van der Waals surface area contributed by atoms with E-state index >= 15 is 0 Å². The first-order valence-electron chi connectivity index (χ1n) is 7.01. The summed E-state index contributed by atoms with van der Waals surface area (Å²) in [6.07, 6.45) is 2.95. The van der Waals surface area contributed by atoms with E-state index in [1.54, 1.807) is 13.8 Å². The number of carboxylic acids is 1. The molecule has 0 radical (unpaired) electrons. The fraction of sp³-hybridized carbons (Fsp3) is 0.786. The minimum Gasteiger partial charge on any atom is -0.548 e. The molecule has 5 nitrogen and oxygen atoms in total. The highest BCUT2D eigenvalue weighted by Gasteiger charge is 2.62. The number of carbonyl (C=O) groups excluding carboxylic acids is 3. The van der Waals surface area contributed by atoms with Crippen LogP contribution in [-0.4, -0.2) is 28.7 Å². The number of nitrogens with zero attached hydrogens (tertiary/aromatic N) is 1. The smallest absolute Gasteiger partial charge is 0.234 e. The van der Waals surface area contributed by atoms with Crippen molar-refractivity contribution in [3.63, 3.8) is 0 Å². The highest BCUT2D eigenvalue weighted by molar-refractivity contribution is 6.08. The molecule has 3 aliphatic rings. The molecule has 19 heavy (non-hydrogen) atoms. The Kier molecular flexibility index (Phi) is 2.69. The molecule has 0 spiro atoms. The number of carboxylic acid groups (broad SMARTS) is 1. The quantitative estimate of drug-likeness (QED) is 0.661. The number of hydrogen-bond donors (Lipinski definition) is 0. The van der Waals surface area contributed by atoms with Crippen LogP contribution in [0.4, 0.5) is 0 Å². The van der Waals surface area contributed by atoms with Gasteiger partial charge in [-0.3, -0.25) is 14.5 Å². The lowest BCUT2D eigenvalue weighted by Gasteiger charge is -2.31. The molecule has 0 aromatic heterocycles. The number of amides is 2. The van der Waals surface area contributed by atoms with Gasteiger partial charge in [0.15, 0.2) is 0 Å². The maximum atomic E-state index is 12.5. The lowest BCUT2D eigenvalue weighted by atomic mass is 9.81. The van der Waals surface area contributed by atoms with Crippen molar-refractivity contribution in [2.45, 2.75) is 39.2 Å². The summed E-state index contributed by atoms with van der Waals surface area (Å²) in [5, 5.41) is 11.3. The largest absolute Gasteiger partial charge is 0.548 e. The molecule has 104 valence electrons. The molecule has 1 saturated heterocycles. The van der Waals surface area contributed by atoms with E-state index in [0.717, 1.165) is 24.2 Å². The van der Waals surface area contributed by atoms with Crippen LogP contribution in [-0.2, 0) is 14.4 Å². The summed E-state index contributed by atoms with van der Waals surface area (Å²) in [4.78, 5) is 37.2. The van der Waals surface area contributed by atoms with Gasteiger partial charge in [0.05, 0.1) is 23.8 Å². The minimum absolute atomic E-state index is 0.258. The molecule has 2 bridgehead atoms. The highest BCUT2D eigenvalue weighted by atomic mass is 16.4. The van der Waals surface area contributed by atoms with E-state index in [9.17, 15) is 19.5 Å². The standard InChI is InChI=1S/C14H19NO4/c1-6(2)11(14(18)19)15-12(16)9-7-3-4-8(5-7)10(9)13(15)17/h6-11H,3-5H2,1-2H3,(H,18,19)/p-1/t7-,8-,9-,10+,11+/m1/s1. The summed E-state index contributed by atoms with van der Waals surface area (Å²) in [5.74, 6) is -2.15. The second-order valence-electron chi connectivity index (χ2n) is 6.44. The van der Waals surface area contributed by atoms with Crippen molar-refractivity contribution in [2.24, 2.45) is 29.6 Å². The Morgan fingerprint density at radius 1 is 1.16 bits per heavy atom. The van der Waals surface area contributed by atoms with Crippen molar-refractivity contribution >= 4 is 17.8 Å². The van der Waals surface area contributed by atoms with Gasteiger partial charge in [0.2, 0.25) is 11.8 Å². The molecule has 5 atom stereocenters. The van der Waals surface area contributed by atoms with E-state index in [1.807, 2.05) is 0 Å². The van der Waals surface area contributed by atoms with Crippen LogP contribution in [0, 0.1) is 29.6 Å². The maximum Gasteiger partial charge on any atom is 0.234 e. The summed E-state index contributed by atoms with van der Waals surface area (Å²) in [6.45, 7) is 3.40. The number of carbonyl (C=O) groups is 3. The Morgan fingerprint density at radius 2 is 1.63 bits per heavy atom. The zero-order valence-corrected chi connectivity index (χ0v) is 11.2. The molecule has 5 heteroatoms. The average Bonchev–Trinajstić information content (AvgIpc) is 2.97. The predicted octanol–water partition coefficient (Wildman–Crippen LogP) is -0.208. The van der Waals surface area contributed by atoms with E-state index < -0.39 is 12.0 Å². The van der Waals surface area contributed by atoms with Crippen LogP contribution in [0.1, 0.15) is 33.1 Å². The van der Waals surface area contributed by atoms with Gasteiger partial charge in [-0.05, 0) is 37.0 Å². The molecule has 2 saturated carbocycles. The predicted molar refractivity (Wildman–Crippen MR) is 63.3 cm³/mol. The SMILES string of the molecule is CC(C)[C@@H](C(=O)[O-])N1C(=O)[C@@H]2[C@@H]3CC[C@H](C3)[C@@H]2C1=O. The number of hydrogen-bond acceptors (Lipinski definition) is 4. The van der Waals surface area contributed by atoms with Crippen molar-refractivity contribution in [1.82, 2.24) is 4.90 Å². The Morgan fingerprint density at radius 3 is 2.00 bits per heavy atom. The van der Waals surface area contributed by atoms with Crippen molar-refractivity contribution in [3.05, 3.63) is 0 Å². The molecular weight excluding hydrogens is 246 g/mol. The van der Waals surface area contributed by atoms with Crippen molar-refractivity contribution < 1.29 is 19.5 Å². The van der Waals surface area contributed by atoms with Gasteiger partial charge >= 0.3 is 0 Å². The number of aliphatic carboxylic acids is 1. The van der Waals surface area contributed by atoms with E-state index in [1.165, 1.54) is 0 Å². The van der Waals surface area contributed by atoms with E-state index in [2.05, 4.69) is 0 Å². The van der Waals surface area contributed by atoms with Crippen molar-refractivity contribution in [1.29, 1.82) is 0 Å². The fourth-order valence-electron chi connectivity index (χ4n) is 4.38. The zero-order valence-electron chi connectivity index (χ0n) is 11.2. The molecule has 0 unspecified atom stereocenters. The van der Waals surface area contributed by atoms with Gasteiger partial charge in [-0.1, -0.05) is 13.8 Å². The second-order valence-corrected chi connectivity index (χ2v) is 6.44. The lowest BCUT2D eigenvalue weighted by molar-refractivity contribution is -0.312. The van der Waals surface area contributed by atoms with Crippen LogP contribution < -0.4 is 5.11 Å². The topological polar surface area (TPSA) is 77.5 Å². The third kappa shape index (κ3) is 1.56. The summed E-state index contributed by atoms with van der Waals surface area (Å²) in [5.41, 5.74) is 0. The molecule has 0 aromatic rings. The lowest BCUT2D eigenvalue weighted by Crippen LogP contribution is -2.54. The molecule has 1 aliphatic heterocycles. The Bertz CT molecular complexity index is 430. The van der Waals surface area contributed by atoms with E-state index in [0.29, 0.717) is 0 Å². The second kappa shape index (κ2) is 4.05. The van der Waals surface area contributed by atoms with Crippen molar-refractivity contribution in [2.75, 3.05) is 0 Å². The summed E-state index contributed by atoms with van der Waals surface area (Å²) in [7, 11) is 0. The molecular formula is C14H18NO4-. The Labute approximate surface area is 112 Å². The van der Waals surface area contributed by atoms with Crippen LogP contribution in [0.25, 0.3) is 0 Å². The average molecular weight is 264 g/mol. The summed E-state index contributed by atoms with van der Waals surface area (Å²) in [6, 6.07) is -1.12. The molecule has 2 amide bonds. The summed E-state index contributed by atoms with van der Waals surface area (Å²) >= 11 is 0. The molecule has 0 aromatic carbocycles. The van der Waals surface area contributed by atoms with Crippen LogP contribution in [0.2, 0.25) is 0 Å². The van der Waals surface area contributed by atoms with E-state index in [-0.39, 0.29) is 41.4 Å². The Balaban J connectivity index is 1.94. The van der Waals surface area contributed by atoms with Gasteiger partial charge in [0.1, 0.15) is 0 Å². The maximum absolute atomic E-state index is 12.5. The van der Waals surface area contributed by atoms with Gasteiger partial charge in [0.25, 0.3) is 0 Å². The highest BCUT2D eigenvalue weighted by Crippen LogP contribution is 2.56. The fourth-order valence-corrected chi connectivity index (χ4v) is 4.38. The van der Waals surface area contributed by atoms with Gasteiger partial charge < -0.3 is 9.90 Å². The number of imide groups is 1. The Hall–Kier alpha value is -1.39. The number of fused-ring (bicyclic) bond motifs is 5. The third-order valence-corrected chi connectivity index (χ3v) is 5.11. The molecule has 3 rings (SSSR count).